The van der Waals surface area contributed by atoms with Crippen LogP contribution in [-0.2, 0) is 0 Å². The van der Waals surface area contributed by atoms with Crippen LogP contribution in [0.2, 0.25) is 0 Å². The first-order chi connectivity index (χ1) is 16.5. The molecule has 0 saturated heterocycles. The normalized spacial score (nSPS) is 24.6. The Morgan fingerprint density at radius 1 is 0.941 bits per heavy atom. The highest BCUT2D eigenvalue weighted by Crippen LogP contribution is 2.48. The Balaban J connectivity index is 1.34. The van der Waals surface area contributed by atoms with E-state index in [4.69, 9.17) is 9.47 Å². The van der Waals surface area contributed by atoms with Gasteiger partial charge in [-0.2, -0.15) is 8.78 Å². The molecule has 0 N–H and O–H groups in total. The van der Waals surface area contributed by atoms with E-state index in [2.05, 4.69) is 19.1 Å². The van der Waals surface area contributed by atoms with Crippen molar-refractivity contribution in [3.8, 4) is 11.5 Å². The predicted octanol–water partition coefficient (Wildman–Crippen LogP) is 7.85. The lowest BCUT2D eigenvalue weighted by molar-refractivity contribution is 0.0726. The number of allylic oxidation sites excluding steroid dienone is 2. The van der Waals surface area contributed by atoms with E-state index < -0.39 is 23.4 Å². The molecule has 0 amide bonds. The van der Waals surface area contributed by atoms with Crippen LogP contribution < -0.4 is 9.47 Å². The third-order valence-electron chi connectivity index (χ3n) is 7.75. The summed E-state index contributed by atoms with van der Waals surface area (Å²) in [6.45, 7) is 2.09. The number of ether oxygens (including phenoxy) is 2. The molecule has 182 valence electrons. The topological polar surface area (TPSA) is 35.5 Å². The monoisotopic (exact) mass is 468 g/mol. The molecule has 0 radical (unpaired) electrons. The average molecular weight is 469 g/mol. The van der Waals surface area contributed by atoms with Crippen molar-refractivity contribution in [3.63, 3.8) is 0 Å². The fourth-order valence-electron chi connectivity index (χ4n) is 5.85. The van der Waals surface area contributed by atoms with Crippen molar-refractivity contribution in [2.45, 2.75) is 64.2 Å². The minimum Gasteiger partial charge on any atom is -0.494 e. The number of fused-ring (bicyclic) bond motifs is 1. The molecule has 3 nitrogen and oxygen atoms in total. The second kappa shape index (κ2) is 11.2. The zero-order chi connectivity index (χ0) is 24.1. The molecule has 4 atom stereocenters. The lowest BCUT2D eigenvalue weighted by atomic mass is 9.63. The van der Waals surface area contributed by atoms with E-state index in [1.54, 1.807) is 12.1 Å². The van der Waals surface area contributed by atoms with E-state index in [1.807, 2.05) is 12.1 Å². The van der Waals surface area contributed by atoms with Crippen molar-refractivity contribution in [1.82, 2.24) is 0 Å². The summed E-state index contributed by atoms with van der Waals surface area (Å²) in [6.07, 6.45) is 14.7. The molecule has 0 heterocycles. The van der Waals surface area contributed by atoms with Gasteiger partial charge in [-0.1, -0.05) is 30.7 Å². The van der Waals surface area contributed by atoms with E-state index in [0.717, 1.165) is 17.8 Å². The van der Waals surface area contributed by atoms with E-state index in [0.29, 0.717) is 11.5 Å². The fraction of sp³-hybridized carbons (Fsp3) is 0.483. The van der Waals surface area contributed by atoms with Crippen LogP contribution in [0, 0.1) is 29.4 Å². The standard InChI is InChI=1S/C29H34F2O3/c1-3-4-5-6-19-7-8-24-18-23(14-13-22(24)17-19)20-9-11-21(12-10-20)29(32)34-26-16-15-25(33-2)27(30)28(26)31/h3-4,9-12,15-16,19,22-24H,5-8,13-14,17-18H2,1-2H3/b4-3+. The van der Waals surface area contributed by atoms with Crippen LogP contribution in [-0.4, -0.2) is 13.1 Å². The van der Waals surface area contributed by atoms with Crippen molar-refractivity contribution in [1.29, 1.82) is 0 Å². The lowest BCUT2D eigenvalue weighted by Gasteiger charge is -2.42. The molecular formula is C29H34F2O3. The quantitative estimate of drug-likeness (QED) is 0.236. The number of carbonyl (C=O) groups is 1. The van der Waals surface area contributed by atoms with Gasteiger partial charge in [-0.15, -0.1) is 0 Å². The number of carbonyl (C=O) groups excluding carboxylic acids is 1. The molecule has 2 aliphatic carbocycles. The van der Waals surface area contributed by atoms with Crippen LogP contribution in [0.5, 0.6) is 11.5 Å². The number of hydrogen-bond donors (Lipinski definition) is 0. The SMILES string of the molecule is C/C=C/CCC1CCC2CC(c3ccc(C(=O)Oc4ccc(OC)c(F)c4F)cc3)CCC2C1. The minimum atomic E-state index is -1.24. The van der Waals surface area contributed by atoms with Gasteiger partial charge in [0, 0.05) is 0 Å². The summed E-state index contributed by atoms with van der Waals surface area (Å²) in [7, 11) is 1.25. The van der Waals surface area contributed by atoms with Gasteiger partial charge in [-0.25, -0.2) is 4.79 Å². The Labute approximate surface area is 201 Å². The maximum atomic E-state index is 14.1. The van der Waals surface area contributed by atoms with Crippen molar-refractivity contribution in [2.24, 2.45) is 17.8 Å². The number of hydrogen-bond acceptors (Lipinski definition) is 3. The van der Waals surface area contributed by atoms with Crippen molar-refractivity contribution in [2.75, 3.05) is 7.11 Å². The minimum absolute atomic E-state index is 0.237. The van der Waals surface area contributed by atoms with Gasteiger partial charge in [0.15, 0.2) is 11.5 Å². The first-order valence-corrected chi connectivity index (χ1v) is 12.4. The number of esters is 1. The van der Waals surface area contributed by atoms with Gasteiger partial charge in [0.05, 0.1) is 12.7 Å². The van der Waals surface area contributed by atoms with Crippen LogP contribution in [0.15, 0.2) is 48.6 Å². The third kappa shape index (κ3) is 5.51. The second-order valence-corrected chi connectivity index (χ2v) is 9.76. The first-order valence-electron chi connectivity index (χ1n) is 12.4. The maximum Gasteiger partial charge on any atom is 0.343 e. The van der Waals surface area contributed by atoms with Gasteiger partial charge in [0.2, 0.25) is 11.6 Å². The number of benzene rings is 2. The van der Waals surface area contributed by atoms with Gasteiger partial charge < -0.3 is 9.47 Å². The Kier molecular flexibility index (Phi) is 8.02. The smallest absolute Gasteiger partial charge is 0.343 e. The van der Waals surface area contributed by atoms with Crippen LogP contribution in [0.1, 0.15) is 80.1 Å². The van der Waals surface area contributed by atoms with Crippen molar-refractivity contribution >= 4 is 5.97 Å². The highest BCUT2D eigenvalue weighted by atomic mass is 19.2. The average Bonchev–Trinajstić information content (AvgIpc) is 2.87. The van der Waals surface area contributed by atoms with E-state index in [9.17, 15) is 13.6 Å². The van der Waals surface area contributed by atoms with Gasteiger partial charge in [-0.3, -0.25) is 0 Å². The molecule has 2 aromatic rings. The largest absolute Gasteiger partial charge is 0.494 e. The van der Waals surface area contributed by atoms with Crippen LogP contribution in [0.25, 0.3) is 0 Å². The van der Waals surface area contributed by atoms with Crippen molar-refractivity contribution in [3.05, 3.63) is 71.3 Å². The van der Waals surface area contributed by atoms with Gasteiger partial charge in [-0.05, 0) is 105 Å². The van der Waals surface area contributed by atoms with Gasteiger partial charge >= 0.3 is 5.97 Å². The van der Waals surface area contributed by atoms with Crippen molar-refractivity contribution < 1.29 is 23.0 Å². The molecule has 4 unspecified atom stereocenters. The predicted molar refractivity (Wildman–Crippen MR) is 129 cm³/mol. The molecule has 0 spiro atoms. The summed E-state index contributed by atoms with van der Waals surface area (Å²) in [4.78, 5) is 12.5. The Morgan fingerprint density at radius 2 is 1.62 bits per heavy atom. The molecule has 0 bridgehead atoms. The van der Waals surface area contributed by atoms with Gasteiger partial charge in [0.25, 0.3) is 0 Å². The zero-order valence-electron chi connectivity index (χ0n) is 20.1. The zero-order valence-corrected chi connectivity index (χ0v) is 20.1. The molecular weight excluding hydrogens is 434 g/mol. The van der Waals surface area contributed by atoms with Gasteiger partial charge in [0.1, 0.15) is 0 Å². The fourth-order valence-corrected chi connectivity index (χ4v) is 5.85. The highest BCUT2D eigenvalue weighted by molar-refractivity contribution is 5.91. The summed E-state index contributed by atoms with van der Waals surface area (Å²) < 4.78 is 37.9. The van der Waals surface area contributed by atoms with Crippen LogP contribution in [0.4, 0.5) is 8.78 Å². The molecule has 2 saturated carbocycles. The van der Waals surface area contributed by atoms with E-state index in [-0.39, 0.29) is 5.75 Å². The summed E-state index contributed by atoms with van der Waals surface area (Å²) in [6, 6.07) is 9.83. The molecule has 5 heteroatoms. The Morgan fingerprint density at radius 3 is 2.35 bits per heavy atom. The molecule has 2 fully saturated rings. The molecule has 2 aromatic carbocycles. The molecule has 0 aromatic heterocycles. The Bertz CT molecular complexity index is 1010. The molecule has 34 heavy (non-hydrogen) atoms. The number of methoxy groups -OCH3 is 1. The molecule has 0 aliphatic heterocycles. The highest BCUT2D eigenvalue weighted by Gasteiger charge is 2.35. The first kappa shape index (κ1) is 24.4. The van der Waals surface area contributed by atoms with E-state index in [1.165, 1.54) is 76.2 Å². The van der Waals surface area contributed by atoms with Crippen LogP contribution in [0.3, 0.4) is 0 Å². The maximum absolute atomic E-state index is 14.1. The lowest BCUT2D eigenvalue weighted by Crippen LogP contribution is -2.30. The summed E-state index contributed by atoms with van der Waals surface area (Å²) in [5.74, 6) is -0.769. The third-order valence-corrected chi connectivity index (χ3v) is 7.75. The summed E-state index contributed by atoms with van der Waals surface area (Å²) in [5.41, 5.74) is 1.56. The molecule has 4 rings (SSSR count). The summed E-state index contributed by atoms with van der Waals surface area (Å²) >= 11 is 0. The summed E-state index contributed by atoms with van der Waals surface area (Å²) in [5, 5.41) is 0. The second-order valence-electron chi connectivity index (χ2n) is 9.76. The molecule has 2 aliphatic rings. The van der Waals surface area contributed by atoms with Crippen LogP contribution >= 0.6 is 0 Å². The number of rotatable bonds is 7. The Hall–Kier alpha value is -2.69. The number of halogens is 2. The van der Waals surface area contributed by atoms with E-state index >= 15 is 0 Å².